The first-order chi connectivity index (χ1) is 19.5. The number of nitrogens with two attached hydrogens (primary N) is 2. The van der Waals surface area contributed by atoms with Gasteiger partial charge in [-0.2, -0.15) is 0 Å². The average Bonchev–Trinajstić information content (AvgIpc) is 2.99. The Hall–Kier alpha value is -4.39. The SMILES string of the molecule is C[Si@]1(c2cccc3cccc(N)c23)C(c2ccccc2)=C(c2ccccc2)[Si@]1(C)c1cccc2cccc(N)c12. The van der Waals surface area contributed by atoms with E-state index in [0.29, 0.717) is 0 Å². The lowest BCUT2D eigenvalue weighted by atomic mass is 10.1. The quantitative estimate of drug-likeness (QED) is 0.181. The van der Waals surface area contributed by atoms with Gasteiger partial charge < -0.3 is 11.5 Å². The fourth-order valence-electron chi connectivity index (χ4n) is 7.39. The third-order valence-electron chi connectivity index (χ3n) is 9.33. The van der Waals surface area contributed by atoms with Crippen LogP contribution in [-0.2, 0) is 0 Å². The third kappa shape index (κ3) is 3.27. The van der Waals surface area contributed by atoms with Crippen LogP contribution in [0, 0.1) is 0 Å². The molecule has 0 aliphatic carbocycles. The van der Waals surface area contributed by atoms with Crippen molar-refractivity contribution in [3.8, 4) is 0 Å². The van der Waals surface area contributed by atoms with Crippen molar-refractivity contribution >= 4 is 68.9 Å². The molecule has 1 aliphatic rings. The topological polar surface area (TPSA) is 52.0 Å². The lowest BCUT2D eigenvalue weighted by molar-refractivity contribution is 1.58. The van der Waals surface area contributed by atoms with Gasteiger partial charge in [0, 0.05) is 22.1 Å². The van der Waals surface area contributed by atoms with Gasteiger partial charge in [-0.15, -0.1) is 0 Å². The molecular formula is C36H32N2Si2. The molecule has 0 saturated carbocycles. The molecular weight excluding hydrogens is 517 g/mol. The largest absolute Gasteiger partial charge is 0.398 e. The zero-order chi connectivity index (χ0) is 27.5. The first-order valence-corrected chi connectivity index (χ1v) is 19.9. The standard InChI is InChI=1S/C36H32N2Si2/c1-39(31-23-11-19-25-17-9-21-29(37)33(25)31)35(27-13-5-3-6-14-27)36(28-15-7-4-8-16-28)40(39,2)32-24-12-20-26-18-10-22-30(38)34(26)32/h3-24H,37-38H2,1-2H3/t39-,40-/m0/s1. The second-order valence-electron chi connectivity index (χ2n) is 11.2. The lowest BCUT2D eigenvalue weighted by Gasteiger charge is -2.58. The van der Waals surface area contributed by atoms with Crippen molar-refractivity contribution in [1.29, 1.82) is 0 Å². The minimum Gasteiger partial charge on any atom is -0.398 e. The molecule has 0 aromatic heterocycles. The van der Waals surface area contributed by atoms with Crippen molar-refractivity contribution in [3.63, 3.8) is 0 Å². The second-order valence-corrected chi connectivity index (χ2v) is 23.8. The predicted molar refractivity (Wildman–Crippen MR) is 179 cm³/mol. The van der Waals surface area contributed by atoms with Crippen LogP contribution in [0.15, 0.2) is 133 Å². The van der Waals surface area contributed by atoms with Crippen LogP contribution >= 0.6 is 0 Å². The first kappa shape index (κ1) is 24.6. The molecule has 2 atom stereocenters. The number of fused-ring (bicyclic) bond motifs is 2. The van der Waals surface area contributed by atoms with Gasteiger partial charge in [-0.1, -0.05) is 134 Å². The van der Waals surface area contributed by atoms with Crippen molar-refractivity contribution in [1.82, 2.24) is 0 Å². The molecule has 0 amide bonds. The fourth-order valence-corrected chi connectivity index (χ4v) is 24.9. The fraction of sp³-hybridized carbons (Fsp3) is 0.0556. The molecule has 4 heteroatoms. The highest BCUT2D eigenvalue weighted by Gasteiger charge is 2.65. The Balaban J connectivity index is 1.69. The molecule has 1 heterocycles. The van der Waals surface area contributed by atoms with Crippen LogP contribution in [0.3, 0.4) is 0 Å². The van der Waals surface area contributed by atoms with Crippen LogP contribution in [-0.4, -0.2) is 15.2 Å². The van der Waals surface area contributed by atoms with Gasteiger partial charge in [0.15, 0.2) is 0 Å². The number of anilines is 2. The van der Waals surface area contributed by atoms with Crippen LogP contribution in [0.5, 0.6) is 0 Å². The zero-order valence-corrected chi connectivity index (χ0v) is 24.9. The highest BCUT2D eigenvalue weighted by molar-refractivity contribution is 7.68. The molecule has 2 nitrogen and oxygen atoms in total. The lowest BCUT2D eigenvalue weighted by Crippen LogP contribution is -2.80. The van der Waals surface area contributed by atoms with E-state index in [0.717, 1.165) is 11.4 Å². The zero-order valence-electron chi connectivity index (χ0n) is 22.9. The molecule has 1 aliphatic heterocycles. The molecule has 6 aromatic carbocycles. The molecule has 194 valence electrons. The second kappa shape index (κ2) is 9.08. The van der Waals surface area contributed by atoms with E-state index in [1.165, 1.54) is 53.4 Å². The van der Waals surface area contributed by atoms with Crippen molar-refractivity contribution in [3.05, 3.63) is 145 Å². The summed E-state index contributed by atoms with van der Waals surface area (Å²) in [5.41, 5.74) is 18.0. The summed E-state index contributed by atoms with van der Waals surface area (Å²) in [6.45, 7) is 5.21. The van der Waals surface area contributed by atoms with E-state index in [2.05, 4.69) is 147 Å². The molecule has 0 radical (unpaired) electrons. The van der Waals surface area contributed by atoms with Gasteiger partial charge in [-0.3, -0.25) is 0 Å². The van der Waals surface area contributed by atoms with Crippen molar-refractivity contribution < 1.29 is 0 Å². The molecule has 0 spiro atoms. The Morgan fingerprint density at radius 3 is 1.12 bits per heavy atom. The summed E-state index contributed by atoms with van der Waals surface area (Å²) in [5, 5.41) is 10.8. The summed E-state index contributed by atoms with van der Waals surface area (Å²) < 4.78 is 0. The van der Waals surface area contributed by atoms with Crippen molar-refractivity contribution in [2.75, 3.05) is 11.5 Å². The molecule has 0 saturated heterocycles. The number of benzene rings is 6. The third-order valence-corrected chi connectivity index (χ3v) is 26.8. The van der Waals surface area contributed by atoms with E-state index in [9.17, 15) is 0 Å². The molecule has 0 bridgehead atoms. The Morgan fingerprint density at radius 1 is 0.400 bits per heavy atom. The van der Waals surface area contributed by atoms with Gasteiger partial charge >= 0.3 is 0 Å². The molecule has 0 fully saturated rings. The molecule has 40 heavy (non-hydrogen) atoms. The molecule has 0 unspecified atom stereocenters. The number of hydrogen-bond acceptors (Lipinski definition) is 2. The van der Waals surface area contributed by atoms with Crippen LogP contribution in [0.1, 0.15) is 11.1 Å². The number of rotatable bonds is 4. The normalized spacial score (nSPS) is 20.6. The summed E-state index contributed by atoms with van der Waals surface area (Å²) in [6.07, 6.45) is 0. The summed E-state index contributed by atoms with van der Waals surface area (Å²) in [6, 6.07) is 48.3. The van der Waals surface area contributed by atoms with E-state index in [1.807, 2.05) is 0 Å². The highest BCUT2D eigenvalue weighted by Crippen LogP contribution is 2.54. The summed E-state index contributed by atoms with van der Waals surface area (Å²) in [5.74, 6) is 0. The van der Waals surface area contributed by atoms with E-state index in [-0.39, 0.29) is 0 Å². The van der Waals surface area contributed by atoms with E-state index >= 15 is 0 Å². The maximum absolute atomic E-state index is 6.81. The Bertz CT molecular complexity index is 1800. The minimum atomic E-state index is -2.44. The Labute approximate surface area is 237 Å². The maximum Gasteiger partial charge on any atom is 0.119 e. The Kier molecular flexibility index (Phi) is 5.60. The van der Waals surface area contributed by atoms with E-state index < -0.39 is 15.2 Å². The Morgan fingerprint density at radius 2 is 0.750 bits per heavy atom. The summed E-state index contributed by atoms with van der Waals surface area (Å²) in [7, 11) is -4.87. The predicted octanol–water partition coefficient (Wildman–Crippen LogP) is 7.21. The number of hydrogen-bond donors (Lipinski definition) is 2. The van der Waals surface area contributed by atoms with E-state index in [1.54, 1.807) is 0 Å². The smallest absolute Gasteiger partial charge is 0.119 e. The van der Waals surface area contributed by atoms with Gasteiger partial charge in [0.05, 0.1) is 0 Å². The first-order valence-electron chi connectivity index (χ1n) is 13.9. The van der Waals surface area contributed by atoms with Crippen LogP contribution in [0.25, 0.3) is 31.9 Å². The average molecular weight is 549 g/mol. The summed E-state index contributed by atoms with van der Waals surface area (Å²) in [4.78, 5) is 0. The van der Waals surface area contributed by atoms with Crippen LogP contribution in [0.4, 0.5) is 11.4 Å². The van der Waals surface area contributed by atoms with E-state index in [4.69, 9.17) is 11.5 Å². The van der Waals surface area contributed by atoms with Crippen molar-refractivity contribution in [2.45, 2.75) is 13.1 Å². The van der Waals surface area contributed by atoms with Crippen LogP contribution < -0.4 is 21.8 Å². The van der Waals surface area contributed by atoms with Gasteiger partial charge in [0.25, 0.3) is 0 Å². The molecule has 4 N–H and O–H groups in total. The van der Waals surface area contributed by atoms with Crippen LogP contribution in [0.2, 0.25) is 13.1 Å². The molecule has 7 rings (SSSR count). The van der Waals surface area contributed by atoms with Gasteiger partial charge in [-0.05, 0) is 54.8 Å². The monoisotopic (exact) mass is 548 g/mol. The molecule has 6 aromatic rings. The summed E-state index contributed by atoms with van der Waals surface area (Å²) >= 11 is 0. The van der Waals surface area contributed by atoms with Crippen molar-refractivity contribution in [2.24, 2.45) is 0 Å². The van der Waals surface area contributed by atoms with Gasteiger partial charge in [0.2, 0.25) is 0 Å². The van der Waals surface area contributed by atoms with Gasteiger partial charge in [-0.25, -0.2) is 0 Å². The minimum absolute atomic E-state index is 0.858. The number of nitrogen functional groups attached to an aromatic ring is 2. The van der Waals surface area contributed by atoms with Gasteiger partial charge in [0.1, 0.15) is 15.2 Å². The maximum atomic E-state index is 6.81. The highest BCUT2D eigenvalue weighted by atomic mass is 29.3.